The molecule has 0 aliphatic carbocycles. The summed E-state index contributed by atoms with van der Waals surface area (Å²) in [5.41, 5.74) is 0. The lowest BCUT2D eigenvalue weighted by atomic mass is 10.3. The van der Waals surface area contributed by atoms with E-state index in [2.05, 4.69) is 4.98 Å². The van der Waals surface area contributed by atoms with Crippen LogP contribution in [0.25, 0.3) is 0 Å². The van der Waals surface area contributed by atoms with Crippen LogP contribution in [0.1, 0.15) is 0 Å². The number of rotatable bonds is 7. The first-order valence-electron chi connectivity index (χ1n) is 6.69. The molecule has 0 amide bonds. The maximum absolute atomic E-state index is 12.5. The number of benzene rings is 1. The van der Waals surface area contributed by atoms with Gasteiger partial charge in [-0.05, 0) is 6.07 Å². The predicted octanol–water partition coefficient (Wildman–Crippen LogP) is 1.88. The van der Waals surface area contributed by atoms with E-state index in [0.29, 0.717) is 5.88 Å². The molecule has 0 aliphatic rings. The van der Waals surface area contributed by atoms with Crippen molar-refractivity contribution in [3.05, 3.63) is 30.5 Å². The Hall–Kier alpha value is -2.68. The summed E-state index contributed by atoms with van der Waals surface area (Å²) in [7, 11) is 1.54. The molecule has 0 atom stereocenters. The molecule has 130 valence electrons. The molecule has 0 N–H and O–H groups in total. The molecule has 24 heavy (non-hydrogen) atoms. The summed E-state index contributed by atoms with van der Waals surface area (Å²) in [4.78, 5) is 3.74. The zero-order chi connectivity index (χ0) is 17.7. The van der Waals surface area contributed by atoms with Crippen LogP contribution in [0, 0.1) is 0 Å². The third kappa shape index (κ3) is 3.62. The summed E-state index contributed by atoms with van der Waals surface area (Å²) in [5.74, 6) is 1.07. The number of hydrogen-bond donors (Lipinski definition) is 0. The molecule has 0 spiro atoms. The Bertz CT molecular complexity index is 778. The first kappa shape index (κ1) is 17.7. The summed E-state index contributed by atoms with van der Waals surface area (Å²) in [6.45, 7) is 0. The predicted molar refractivity (Wildman–Crippen MR) is 84.7 cm³/mol. The van der Waals surface area contributed by atoms with Crippen molar-refractivity contribution < 1.29 is 31.5 Å². The van der Waals surface area contributed by atoms with Crippen molar-refractivity contribution in [1.82, 2.24) is 4.98 Å². The maximum Gasteiger partial charge on any atom is 0.339 e. The lowest BCUT2D eigenvalue weighted by molar-refractivity contribution is 0.322. The van der Waals surface area contributed by atoms with Crippen LogP contribution in [0.4, 0.5) is 0 Å². The molecule has 2 aromatic rings. The van der Waals surface area contributed by atoms with Gasteiger partial charge < -0.3 is 23.1 Å². The van der Waals surface area contributed by atoms with Crippen LogP contribution in [0.2, 0.25) is 0 Å². The molecule has 0 aliphatic heterocycles. The second-order valence-electron chi connectivity index (χ2n) is 4.43. The highest BCUT2D eigenvalue weighted by atomic mass is 32.2. The van der Waals surface area contributed by atoms with Crippen LogP contribution in [-0.2, 0) is 10.1 Å². The van der Waals surface area contributed by atoms with Gasteiger partial charge in [0.15, 0.2) is 17.2 Å². The Morgan fingerprint density at radius 1 is 0.875 bits per heavy atom. The molecule has 0 bridgehead atoms. The molecule has 1 heterocycles. The zero-order valence-corrected chi connectivity index (χ0v) is 14.4. The standard InChI is InChI=1S/C15H17NO7S/c1-19-12-7-11(8-13(20-2)15(12)22-4)24(17,18)23-10-5-6-14(21-3)16-9-10/h5-9H,1-4H3. The van der Waals surface area contributed by atoms with Gasteiger partial charge in [0.05, 0.1) is 34.6 Å². The van der Waals surface area contributed by atoms with Crippen LogP contribution in [-0.4, -0.2) is 41.8 Å². The Labute approximate surface area is 140 Å². The Morgan fingerprint density at radius 2 is 1.50 bits per heavy atom. The molecule has 2 rings (SSSR count). The molecule has 0 fully saturated rings. The number of pyridine rings is 1. The Balaban J connectivity index is 2.40. The zero-order valence-electron chi connectivity index (χ0n) is 13.6. The van der Waals surface area contributed by atoms with E-state index in [0.717, 1.165) is 0 Å². The van der Waals surface area contributed by atoms with Gasteiger partial charge >= 0.3 is 10.1 Å². The van der Waals surface area contributed by atoms with Gasteiger partial charge in [-0.1, -0.05) is 0 Å². The third-order valence-corrected chi connectivity index (χ3v) is 4.28. The number of hydrogen-bond acceptors (Lipinski definition) is 8. The minimum absolute atomic E-state index is 0.0459. The van der Waals surface area contributed by atoms with E-state index in [4.69, 9.17) is 23.1 Å². The van der Waals surface area contributed by atoms with E-state index in [1.54, 1.807) is 0 Å². The molecule has 1 aromatic carbocycles. The molecule has 0 saturated carbocycles. The van der Waals surface area contributed by atoms with Crippen molar-refractivity contribution in [3.8, 4) is 28.9 Å². The molecular weight excluding hydrogens is 338 g/mol. The maximum atomic E-state index is 12.5. The average Bonchev–Trinajstić information content (AvgIpc) is 2.60. The lowest BCUT2D eigenvalue weighted by Gasteiger charge is -2.14. The fraction of sp³-hybridized carbons (Fsp3) is 0.267. The van der Waals surface area contributed by atoms with Crippen molar-refractivity contribution >= 4 is 10.1 Å². The second-order valence-corrected chi connectivity index (χ2v) is 5.98. The minimum atomic E-state index is -4.12. The highest BCUT2D eigenvalue weighted by molar-refractivity contribution is 7.87. The van der Waals surface area contributed by atoms with Crippen molar-refractivity contribution in [2.24, 2.45) is 0 Å². The molecular formula is C15H17NO7S. The van der Waals surface area contributed by atoms with Crippen molar-refractivity contribution in [2.45, 2.75) is 4.90 Å². The van der Waals surface area contributed by atoms with Gasteiger partial charge in [-0.2, -0.15) is 8.42 Å². The summed E-state index contributed by atoms with van der Waals surface area (Å²) in [6, 6.07) is 5.49. The average molecular weight is 355 g/mol. The third-order valence-electron chi connectivity index (χ3n) is 3.05. The van der Waals surface area contributed by atoms with Crippen LogP contribution in [0.3, 0.4) is 0 Å². The fourth-order valence-corrected chi connectivity index (χ4v) is 2.86. The van der Waals surface area contributed by atoms with Crippen molar-refractivity contribution in [3.63, 3.8) is 0 Å². The molecule has 1 aromatic heterocycles. The number of ether oxygens (including phenoxy) is 4. The van der Waals surface area contributed by atoms with Crippen LogP contribution >= 0.6 is 0 Å². The van der Waals surface area contributed by atoms with Gasteiger partial charge in [0.2, 0.25) is 11.6 Å². The summed E-state index contributed by atoms with van der Waals surface area (Å²) >= 11 is 0. The van der Waals surface area contributed by atoms with Crippen LogP contribution in [0.15, 0.2) is 35.4 Å². The topological polar surface area (TPSA) is 93.2 Å². The lowest BCUT2D eigenvalue weighted by Crippen LogP contribution is -2.11. The van der Waals surface area contributed by atoms with Gasteiger partial charge in [0, 0.05) is 18.2 Å². The summed E-state index contributed by atoms with van der Waals surface area (Å²) in [6.07, 6.45) is 1.24. The Kier molecular flexibility index (Phi) is 5.35. The van der Waals surface area contributed by atoms with E-state index in [9.17, 15) is 8.42 Å². The summed E-state index contributed by atoms with van der Waals surface area (Å²) in [5, 5.41) is 0. The van der Waals surface area contributed by atoms with E-state index in [1.807, 2.05) is 0 Å². The normalized spacial score (nSPS) is 10.8. The smallest absolute Gasteiger partial charge is 0.339 e. The highest BCUT2D eigenvalue weighted by Gasteiger charge is 2.23. The van der Waals surface area contributed by atoms with Gasteiger partial charge in [0.25, 0.3) is 0 Å². The molecule has 0 unspecified atom stereocenters. The fourth-order valence-electron chi connectivity index (χ4n) is 1.91. The van der Waals surface area contributed by atoms with Gasteiger partial charge in [-0.3, -0.25) is 0 Å². The first-order chi connectivity index (χ1) is 11.4. The largest absolute Gasteiger partial charge is 0.493 e. The van der Waals surface area contributed by atoms with E-state index in [-0.39, 0.29) is 27.9 Å². The van der Waals surface area contributed by atoms with Crippen molar-refractivity contribution in [1.29, 1.82) is 0 Å². The number of methoxy groups -OCH3 is 4. The van der Waals surface area contributed by atoms with Crippen LogP contribution < -0.4 is 23.1 Å². The SMILES string of the molecule is COc1ccc(OS(=O)(=O)c2cc(OC)c(OC)c(OC)c2)cn1. The van der Waals surface area contributed by atoms with Gasteiger partial charge in [-0.15, -0.1) is 0 Å². The van der Waals surface area contributed by atoms with E-state index >= 15 is 0 Å². The number of aromatic nitrogens is 1. The molecule has 8 nitrogen and oxygen atoms in total. The minimum Gasteiger partial charge on any atom is -0.493 e. The molecule has 9 heteroatoms. The first-order valence-corrected chi connectivity index (χ1v) is 8.10. The summed E-state index contributed by atoms with van der Waals surface area (Å²) < 4.78 is 50.3. The molecule has 0 radical (unpaired) electrons. The quantitative estimate of drug-likeness (QED) is 0.695. The number of nitrogens with zero attached hydrogens (tertiary/aromatic N) is 1. The van der Waals surface area contributed by atoms with Crippen LogP contribution in [0.5, 0.6) is 28.9 Å². The monoisotopic (exact) mass is 355 g/mol. The Morgan fingerprint density at radius 3 is 1.92 bits per heavy atom. The van der Waals surface area contributed by atoms with E-state index in [1.165, 1.54) is 58.9 Å². The van der Waals surface area contributed by atoms with E-state index < -0.39 is 10.1 Å². The van der Waals surface area contributed by atoms with Gasteiger partial charge in [-0.25, -0.2) is 4.98 Å². The van der Waals surface area contributed by atoms with Gasteiger partial charge in [0.1, 0.15) is 4.90 Å². The van der Waals surface area contributed by atoms with Crippen molar-refractivity contribution in [2.75, 3.05) is 28.4 Å². The highest BCUT2D eigenvalue weighted by Crippen LogP contribution is 2.39. The molecule has 0 saturated heterocycles. The second kappa shape index (κ2) is 7.26.